The lowest BCUT2D eigenvalue weighted by atomic mass is 9.77. The van der Waals surface area contributed by atoms with E-state index in [2.05, 4.69) is 5.32 Å². The molecule has 0 unspecified atom stereocenters. The third kappa shape index (κ3) is 5.73. The molecule has 2 fully saturated rings. The molecule has 0 aliphatic carbocycles. The zero-order valence-corrected chi connectivity index (χ0v) is 24.9. The Hall–Kier alpha value is -3.54. The SMILES string of the molecule is COC[C@H]1NC(=O)CC/C=C\[C@H]2O[C@]34C=CCN(C(C)C)C(=O)[C@H]3N(CCCO)C(=O)[C@@H]4[C@H]2C(=O)O[C@@H]1c1ccccc1. The first-order chi connectivity index (χ1) is 20.7. The Morgan fingerprint density at radius 3 is 2.58 bits per heavy atom. The van der Waals surface area contributed by atoms with Crippen LogP contribution in [0.5, 0.6) is 0 Å². The molecule has 2 N–H and O–H groups in total. The Balaban J connectivity index is 1.60. The Bertz CT molecular complexity index is 1270. The minimum absolute atomic E-state index is 0.0879. The van der Waals surface area contributed by atoms with Gasteiger partial charge in [0.2, 0.25) is 17.7 Å². The van der Waals surface area contributed by atoms with Crippen molar-refractivity contribution in [3.63, 3.8) is 0 Å². The van der Waals surface area contributed by atoms with E-state index in [9.17, 15) is 24.3 Å². The van der Waals surface area contributed by atoms with Crippen LogP contribution in [-0.2, 0) is 33.4 Å². The van der Waals surface area contributed by atoms with Crippen molar-refractivity contribution in [2.75, 3.05) is 33.4 Å². The highest BCUT2D eigenvalue weighted by Crippen LogP contribution is 2.53. The Kier molecular flexibility index (Phi) is 9.33. The number of carbonyl (C=O) groups is 4. The number of hydrogen-bond donors (Lipinski definition) is 2. The first-order valence-electron chi connectivity index (χ1n) is 15.0. The Morgan fingerprint density at radius 1 is 1.12 bits per heavy atom. The molecule has 4 aliphatic rings. The summed E-state index contributed by atoms with van der Waals surface area (Å²) in [6.45, 7) is 4.23. The normalized spacial score (nSPS) is 33.6. The molecular weight excluding hydrogens is 554 g/mol. The number of rotatable bonds is 7. The fourth-order valence-electron chi connectivity index (χ4n) is 6.85. The lowest BCUT2D eigenvalue weighted by molar-refractivity contribution is -0.162. The van der Waals surface area contributed by atoms with Crippen LogP contribution in [0.4, 0.5) is 0 Å². The summed E-state index contributed by atoms with van der Waals surface area (Å²) in [5.74, 6) is -3.61. The number of likely N-dealkylation sites (tertiary alicyclic amines) is 1. The van der Waals surface area contributed by atoms with Gasteiger partial charge in [0, 0.05) is 39.3 Å². The van der Waals surface area contributed by atoms with Gasteiger partial charge in [-0.05, 0) is 32.3 Å². The van der Waals surface area contributed by atoms with E-state index in [1.165, 1.54) is 12.0 Å². The van der Waals surface area contributed by atoms with Crippen LogP contribution >= 0.6 is 0 Å². The molecule has 4 heterocycles. The number of allylic oxidation sites excluding steroid dienone is 1. The largest absolute Gasteiger partial charge is 0.455 e. The van der Waals surface area contributed by atoms with Gasteiger partial charge in [-0.2, -0.15) is 0 Å². The van der Waals surface area contributed by atoms with Crippen molar-refractivity contribution in [2.24, 2.45) is 11.8 Å². The van der Waals surface area contributed by atoms with Gasteiger partial charge < -0.3 is 34.4 Å². The van der Waals surface area contributed by atoms with E-state index in [4.69, 9.17) is 14.2 Å². The lowest BCUT2D eigenvalue weighted by Crippen LogP contribution is -2.56. The molecule has 0 bridgehead atoms. The Labute approximate surface area is 251 Å². The van der Waals surface area contributed by atoms with E-state index >= 15 is 0 Å². The molecule has 4 aliphatic heterocycles. The van der Waals surface area contributed by atoms with Crippen molar-refractivity contribution in [1.82, 2.24) is 15.1 Å². The molecule has 0 radical (unpaired) electrons. The second kappa shape index (κ2) is 13.0. The summed E-state index contributed by atoms with van der Waals surface area (Å²) in [4.78, 5) is 58.7. The topological polar surface area (TPSA) is 135 Å². The minimum atomic E-state index is -1.41. The first kappa shape index (κ1) is 30.9. The number of fused-ring (bicyclic) bond motifs is 2. The highest BCUT2D eigenvalue weighted by Gasteiger charge is 2.71. The molecule has 3 amide bonds. The highest BCUT2D eigenvalue weighted by atomic mass is 16.6. The monoisotopic (exact) mass is 595 g/mol. The van der Waals surface area contributed by atoms with Crippen LogP contribution in [0.1, 0.15) is 44.8 Å². The molecule has 5 rings (SSSR count). The zero-order valence-electron chi connectivity index (χ0n) is 24.9. The first-order valence-corrected chi connectivity index (χ1v) is 15.0. The molecule has 1 aromatic carbocycles. The molecule has 0 aromatic heterocycles. The van der Waals surface area contributed by atoms with Gasteiger partial charge in [0.25, 0.3) is 0 Å². The van der Waals surface area contributed by atoms with Crippen molar-refractivity contribution in [1.29, 1.82) is 0 Å². The zero-order chi connectivity index (χ0) is 30.7. The smallest absolute Gasteiger partial charge is 0.313 e. The lowest BCUT2D eigenvalue weighted by Gasteiger charge is -2.36. The predicted molar refractivity (Wildman–Crippen MR) is 155 cm³/mol. The maximum absolute atomic E-state index is 14.3. The maximum atomic E-state index is 14.3. The number of esters is 1. The second-order valence-electron chi connectivity index (χ2n) is 11.8. The van der Waals surface area contributed by atoms with Gasteiger partial charge in [-0.25, -0.2) is 0 Å². The van der Waals surface area contributed by atoms with Crippen molar-refractivity contribution in [3.8, 4) is 0 Å². The van der Waals surface area contributed by atoms with Gasteiger partial charge in [-0.3, -0.25) is 19.2 Å². The third-order valence-electron chi connectivity index (χ3n) is 8.77. The quantitative estimate of drug-likeness (QED) is 0.358. The van der Waals surface area contributed by atoms with Crippen molar-refractivity contribution < 1.29 is 38.5 Å². The van der Waals surface area contributed by atoms with Crippen molar-refractivity contribution in [2.45, 2.75) is 69.0 Å². The van der Waals surface area contributed by atoms with E-state index in [1.807, 2.05) is 50.3 Å². The van der Waals surface area contributed by atoms with Gasteiger partial charge in [0.05, 0.1) is 24.7 Å². The molecule has 1 aromatic rings. The number of amides is 3. The molecular formula is C32H41N3O8. The average molecular weight is 596 g/mol. The van der Waals surface area contributed by atoms with Crippen LogP contribution in [0.3, 0.4) is 0 Å². The molecule has 0 saturated carbocycles. The van der Waals surface area contributed by atoms with Crippen LogP contribution < -0.4 is 5.32 Å². The number of benzene rings is 1. The summed E-state index contributed by atoms with van der Waals surface area (Å²) in [5, 5.41) is 12.6. The van der Waals surface area contributed by atoms with Crippen molar-refractivity contribution in [3.05, 3.63) is 60.2 Å². The van der Waals surface area contributed by atoms with E-state index < -0.39 is 47.7 Å². The molecule has 1 spiro atoms. The number of carbonyl (C=O) groups excluding carboxylic acids is 4. The maximum Gasteiger partial charge on any atom is 0.313 e. The molecule has 11 nitrogen and oxygen atoms in total. The molecule has 2 saturated heterocycles. The van der Waals surface area contributed by atoms with E-state index in [-0.39, 0.29) is 56.4 Å². The van der Waals surface area contributed by atoms with E-state index in [0.717, 1.165) is 0 Å². The van der Waals surface area contributed by atoms with Crippen molar-refractivity contribution >= 4 is 23.7 Å². The summed E-state index contributed by atoms with van der Waals surface area (Å²) in [6, 6.07) is 7.27. The van der Waals surface area contributed by atoms with Gasteiger partial charge in [0.1, 0.15) is 23.7 Å². The van der Waals surface area contributed by atoms with E-state index in [0.29, 0.717) is 18.5 Å². The van der Waals surface area contributed by atoms with Crippen LogP contribution in [0.15, 0.2) is 54.6 Å². The number of hydrogen-bond acceptors (Lipinski definition) is 8. The minimum Gasteiger partial charge on any atom is -0.455 e. The van der Waals surface area contributed by atoms with Crippen LogP contribution in [-0.4, -0.2) is 102 Å². The van der Waals surface area contributed by atoms with Gasteiger partial charge in [-0.15, -0.1) is 0 Å². The van der Waals surface area contributed by atoms with Crippen LogP contribution in [0.2, 0.25) is 0 Å². The number of nitrogens with one attached hydrogen (secondary N) is 1. The average Bonchev–Trinajstić information content (AvgIpc) is 3.36. The number of ether oxygens (including phenoxy) is 3. The van der Waals surface area contributed by atoms with E-state index in [1.54, 1.807) is 23.1 Å². The number of methoxy groups -OCH3 is 1. The third-order valence-corrected chi connectivity index (χ3v) is 8.77. The number of cyclic esters (lactones) is 1. The summed E-state index contributed by atoms with van der Waals surface area (Å²) < 4.78 is 18.3. The molecule has 43 heavy (non-hydrogen) atoms. The summed E-state index contributed by atoms with van der Waals surface area (Å²) in [6.07, 6.45) is 6.17. The fourth-order valence-corrected chi connectivity index (χ4v) is 6.85. The van der Waals surface area contributed by atoms with Crippen LogP contribution in [0.25, 0.3) is 0 Å². The van der Waals surface area contributed by atoms with Gasteiger partial charge >= 0.3 is 5.97 Å². The van der Waals surface area contributed by atoms with Crippen LogP contribution in [0, 0.1) is 11.8 Å². The number of aliphatic hydroxyl groups excluding tert-OH is 1. The summed E-state index contributed by atoms with van der Waals surface area (Å²) in [7, 11) is 1.51. The standard InChI is InChI=1S/C32H41N3O8/c1-20(2)34-16-9-15-32-26(29(38)35(17-10-18-36)28(32)30(34)39)25-23(43-32)13-7-8-14-24(37)33-22(19-41-3)27(42-31(25)40)21-11-5-4-6-12-21/h4-7,9,11-13,15,20,22-23,25-28,36H,8,10,14,16-19H2,1-3H3,(H,33,37)/b13-7-/t22-,23-,25+,26+,27-,28-,32+/m1/s1. The molecule has 232 valence electrons. The second-order valence-corrected chi connectivity index (χ2v) is 11.8. The highest BCUT2D eigenvalue weighted by molar-refractivity contribution is 5.99. The Morgan fingerprint density at radius 2 is 1.88 bits per heavy atom. The van der Waals surface area contributed by atoms with Gasteiger partial charge in [-0.1, -0.05) is 54.6 Å². The summed E-state index contributed by atoms with van der Waals surface area (Å²) >= 11 is 0. The molecule has 7 atom stereocenters. The summed E-state index contributed by atoms with van der Waals surface area (Å²) in [5.41, 5.74) is -0.748. The number of nitrogens with zero attached hydrogens (tertiary/aromatic N) is 2. The predicted octanol–water partition coefficient (Wildman–Crippen LogP) is 1.52. The molecule has 11 heteroatoms. The number of aliphatic hydroxyl groups is 1. The van der Waals surface area contributed by atoms with Gasteiger partial charge in [0.15, 0.2) is 0 Å². The fraction of sp³-hybridized carbons (Fsp3) is 0.562.